The number of sulfonamides is 2. The number of nitriles is 1. The van der Waals surface area contributed by atoms with Crippen LogP contribution in [0.2, 0.25) is 0 Å². The van der Waals surface area contributed by atoms with Crippen molar-refractivity contribution in [2.75, 3.05) is 32.4 Å². The lowest BCUT2D eigenvalue weighted by Crippen LogP contribution is -2.50. The Hall–Kier alpha value is -1.47. The van der Waals surface area contributed by atoms with Crippen molar-refractivity contribution in [3.8, 4) is 6.07 Å². The van der Waals surface area contributed by atoms with E-state index in [1.54, 1.807) is 0 Å². The second kappa shape index (κ2) is 5.73. The van der Waals surface area contributed by atoms with Crippen LogP contribution in [0.15, 0.2) is 29.2 Å². The number of nitrogens with zero attached hydrogens (tertiary/aromatic N) is 3. The number of rotatable bonds is 3. The lowest BCUT2D eigenvalue weighted by molar-refractivity contribution is 0.274. The Kier molecular flexibility index (Phi) is 4.34. The Morgan fingerprint density at radius 2 is 1.43 bits per heavy atom. The van der Waals surface area contributed by atoms with Gasteiger partial charge in [-0.05, 0) is 24.3 Å². The van der Waals surface area contributed by atoms with Gasteiger partial charge in [0.1, 0.15) is 0 Å². The summed E-state index contributed by atoms with van der Waals surface area (Å²) in [5.74, 6) is 0. The standard InChI is InChI=1S/C12H15N3O4S2/c1-20(16,17)14-6-8-15(9-7-14)21(18,19)12-4-2-11(10-13)3-5-12/h2-5H,6-9H2,1H3. The van der Waals surface area contributed by atoms with Gasteiger partial charge in [-0.25, -0.2) is 16.8 Å². The van der Waals surface area contributed by atoms with Gasteiger partial charge in [-0.3, -0.25) is 0 Å². The van der Waals surface area contributed by atoms with Crippen molar-refractivity contribution >= 4 is 20.0 Å². The number of benzene rings is 1. The molecular weight excluding hydrogens is 314 g/mol. The van der Waals surface area contributed by atoms with Crippen LogP contribution < -0.4 is 0 Å². The molecule has 0 unspecified atom stereocenters. The fraction of sp³-hybridized carbons (Fsp3) is 0.417. The molecule has 0 aliphatic carbocycles. The smallest absolute Gasteiger partial charge is 0.213 e. The van der Waals surface area contributed by atoms with Gasteiger partial charge >= 0.3 is 0 Å². The average Bonchev–Trinajstić information content (AvgIpc) is 2.46. The zero-order valence-corrected chi connectivity index (χ0v) is 13.1. The van der Waals surface area contributed by atoms with E-state index in [9.17, 15) is 16.8 Å². The molecule has 114 valence electrons. The molecule has 1 fully saturated rings. The van der Waals surface area contributed by atoms with E-state index < -0.39 is 20.0 Å². The summed E-state index contributed by atoms with van der Waals surface area (Å²) in [5, 5.41) is 8.71. The van der Waals surface area contributed by atoms with Gasteiger partial charge in [0.2, 0.25) is 20.0 Å². The van der Waals surface area contributed by atoms with Crippen LogP contribution in [0.1, 0.15) is 5.56 Å². The van der Waals surface area contributed by atoms with Crippen molar-refractivity contribution in [3.63, 3.8) is 0 Å². The van der Waals surface area contributed by atoms with Crippen LogP contribution in [0.5, 0.6) is 0 Å². The van der Waals surface area contributed by atoms with E-state index in [0.29, 0.717) is 5.56 Å². The van der Waals surface area contributed by atoms with Gasteiger partial charge in [-0.2, -0.15) is 13.9 Å². The summed E-state index contributed by atoms with van der Waals surface area (Å²) in [7, 11) is -6.95. The van der Waals surface area contributed by atoms with Crippen molar-refractivity contribution in [1.82, 2.24) is 8.61 Å². The minimum Gasteiger partial charge on any atom is -0.213 e. The molecule has 1 heterocycles. The molecule has 9 heteroatoms. The summed E-state index contributed by atoms with van der Waals surface area (Å²) in [4.78, 5) is 0.106. The molecule has 2 rings (SSSR count). The molecule has 1 aliphatic rings. The van der Waals surface area contributed by atoms with Crippen LogP contribution in [0.4, 0.5) is 0 Å². The molecule has 21 heavy (non-hydrogen) atoms. The molecule has 0 aromatic heterocycles. The summed E-state index contributed by atoms with van der Waals surface area (Å²) in [6.07, 6.45) is 1.11. The van der Waals surface area contributed by atoms with Gasteiger partial charge in [0, 0.05) is 26.2 Å². The quantitative estimate of drug-likeness (QED) is 0.766. The second-order valence-corrected chi connectivity index (χ2v) is 8.62. The van der Waals surface area contributed by atoms with Crippen LogP contribution in [-0.4, -0.2) is 57.9 Å². The van der Waals surface area contributed by atoms with Gasteiger partial charge < -0.3 is 0 Å². The van der Waals surface area contributed by atoms with Crippen molar-refractivity contribution in [2.45, 2.75) is 4.90 Å². The van der Waals surface area contributed by atoms with E-state index in [0.717, 1.165) is 6.26 Å². The monoisotopic (exact) mass is 329 g/mol. The van der Waals surface area contributed by atoms with Crippen LogP contribution in [-0.2, 0) is 20.0 Å². The van der Waals surface area contributed by atoms with Crippen LogP contribution in [0.3, 0.4) is 0 Å². The molecule has 1 saturated heterocycles. The first kappa shape index (κ1) is 15.9. The maximum Gasteiger partial charge on any atom is 0.243 e. The zero-order valence-electron chi connectivity index (χ0n) is 11.4. The first-order valence-electron chi connectivity index (χ1n) is 6.20. The van der Waals surface area contributed by atoms with E-state index >= 15 is 0 Å². The topological polar surface area (TPSA) is 98.6 Å². The molecule has 0 atom stereocenters. The largest absolute Gasteiger partial charge is 0.243 e. The van der Waals surface area contributed by atoms with Crippen molar-refractivity contribution in [3.05, 3.63) is 29.8 Å². The van der Waals surface area contributed by atoms with Crippen LogP contribution in [0, 0.1) is 11.3 Å². The van der Waals surface area contributed by atoms with Gasteiger partial charge in [-0.1, -0.05) is 0 Å². The highest BCUT2D eigenvalue weighted by molar-refractivity contribution is 7.89. The van der Waals surface area contributed by atoms with Gasteiger partial charge in [0.25, 0.3) is 0 Å². The van der Waals surface area contributed by atoms with Crippen molar-refractivity contribution < 1.29 is 16.8 Å². The predicted molar refractivity (Wildman–Crippen MR) is 76.3 cm³/mol. The highest BCUT2D eigenvalue weighted by Gasteiger charge is 2.31. The molecule has 1 aromatic carbocycles. The Morgan fingerprint density at radius 3 is 1.86 bits per heavy atom. The maximum atomic E-state index is 12.4. The summed E-state index contributed by atoms with van der Waals surface area (Å²) in [5.41, 5.74) is 0.385. The van der Waals surface area contributed by atoms with Gasteiger partial charge in [-0.15, -0.1) is 0 Å². The SMILES string of the molecule is CS(=O)(=O)N1CCN(S(=O)(=O)c2ccc(C#N)cc2)CC1. The summed E-state index contributed by atoms with van der Waals surface area (Å²) in [6, 6.07) is 7.59. The van der Waals surface area contributed by atoms with E-state index in [1.165, 1.54) is 32.9 Å². The Morgan fingerprint density at radius 1 is 0.952 bits per heavy atom. The molecule has 0 amide bonds. The normalized spacial score (nSPS) is 18.3. The molecule has 0 spiro atoms. The Bertz CT molecular complexity index is 756. The van der Waals surface area contributed by atoms with E-state index in [-0.39, 0.29) is 31.1 Å². The number of piperazine rings is 1. The average molecular weight is 329 g/mol. The second-order valence-electron chi connectivity index (χ2n) is 4.70. The molecule has 1 aliphatic heterocycles. The first-order valence-corrected chi connectivity index (χ1v) is 9.49. The summed E-state index contributed by atoms with van der Waals surface area (Å²) < 4.78 is 50.2. The van der Waals surface area contributed by atoms with Crippen molar-refractivity contribution in [1.29, 1.82) is 5.26 Å². The molecule has 0 bridgehead atoms. The van der Waals surface area contributed by atoms with E-state index in [4.69, 9.17) is 5.26 Å². The lowest BCUT2D eigenvalue weighted by atomic mass is 10.2. The highest BCUT2D eigenvalue weighted by atomic mass is 32.2. The lowest BCUT2D eigenvalue weighted by Gasteiger charge is -2.32. The molecule has 0 N–H and O–H groups in total. The van der Waals surface area contributed by atoms with Gasteiger partial charge in [0.15, 0.2) is 0 Å². The van der Waals surface area contributed by atoms with Crippen LogP contribution >= 0.6 is 0 Å². The third-order valence-electron chi connectivity index (χ3n) is 3.29. The maximum absolute atomic E-state index is 12.4. The Labute approximate surface area is 124 Å². The van der Waals surface area contributed by atoms with Crippen LogP contribution in [0.25, 0.3) is 0 Å². The van der Waals surface area contributed by atoms with Gasteiger partial charge in [0.05, 0.1) is 22.8 Å². The molecule has 0 radical (unpaired) electrons. The predicted octanol–water partition coefficient (Wildman–Crippen LogP) is -0.176. The first-order chi connectivity index (χ1) is 9.75. The van der Waals surface area contributed by atoms with E-state index in [2.05, 4.69) is 0 Å². The molecule has 0 saturated carbocycles. The fourth-order valence-corrected chi connectivity index (χ4v) is 4.34. The fourth-order valence-electron chi connectivity index (χ4n) is 2.09. The Balaban J connectivity index is 2.16. The molecule has 7 nitrogen and oxygen atoms in total. The van der Waals surface area contributed by atoms with E-state index in [1.807, 2.05) is 6.07 Å². The third-order valence-corrected chi connectivity index (χ3v) is 6.50. The van der Waals surface area contributed by atoms with Crippen molar-refractivity contribution in [2.24, 2.45) is 0 Å². The summed E-state index contributed by atoms with van der Waals surface area (Å²) >= 11 is 0. The minimum atomic E-state index is -3.65. The molecule has 1 aromatic rings. The molecular formula is C12H15N3O4S2. The third kappa shape index (κ3) is 3.41. The highest BCUT2D eigenvalue weighted by Crippen LogP contribution is 2.18. The minimum absolute atomic E-state index is 0.106. The number of hydrogen-bond donors (Lipinski definition) is 0. The number of hydrogen-bond acceptors (Lipinski definition) is 5. The summed E-state index contributed by atoms with van der Waals surface area (Å²) in [6.45, 7) is 0.535. The zero-order chi connectivity index (χ0) is 15.7.